The molecule has 0 aliphatic rings. The summed E-state index contributed by atoms with van der Waals surface area (Å²) in [5.74, 6) is -1.47. The van der Waals surface area contributed by atoms with Crippen molar-refractivity contribution in [2.75, 3.05) is 5.43 Å². The Labute approximate surface area is 119 Å². The molecule has 0 fully saturated rings. The topological polar surface area (TPSA) is 84.2 Å². The van der Waals surface area contributed by atoms with Crippen LogP contribution in [-0.2, 0) is 0 Å². The largest absolute Gasteiger partial charge is 0.478 e. The molecule has 0 bridgehead atoms. The highest BCUT2D eigenvalue weighted by Crippen LogP contribution is 2.11. The number of aromatic carboxylic acids is 1. The van der Waals surface area contributed by atoms with Crippen molar-refractivity contribution in [1.82, 2.24) is 9.66 Å². The minimum absolute atomic E-state index is 0.0677. The maximum absolute atomic E-state index is 12.2. The minimum atomic E-state index is -1.07. The molecule has 6 heteroatoms. The van der Waals surface area contributed by atoms with Crippen molar-refractivity contribution >= 4 is 22.9 Å². The number of nitrogens with one attached hydrogen (secondary N) is 1. The number of hydrogen-bond donors (Lipinski definition) is 2. The number of amides is 1. The molecule has 104 valence electrons. The number of nitrogens with zero attached hydrogens (tertiary/aromatic N) is 2. The van der Waals surface area contributed by atoms with Gasteiger partial charge < -0.3 is 5.11 Å². The second-order valence-corrected chi connectivity index (χ2v) is 4.43. The molecule has 0 saturated carbocycles. The van der Waals surface area contributed by atoms with E-state index < -0.39 is 11.9 Å². The van der Waals surface area contributed by atoms with Gasteiger partial charge in [-0.3, -0.25) is 10.2 Å². The van der Waals surface area contributed by atoms with E-state index in [9.17, 15) is 9.59 Å². The second-order valence-electron chi connectivity index (χ2n) is 4.43. The molecule has 6 nitrogen and oxygen atoms in total. The number of carbonyl (C=O) groups excluding carboxylic acids is 1. The number of carboxylic acids is 1. The van der Waals surface area contributed by atoms with Gasteiger partial charge in [0.25, 0.3) is 5.91 Å². The number of carboxylic acid groups (broad SMARTS) is 1. The number of benzene rings is 2. The van der Waals surface area contributed by atoms with Crippen LogP contribution in [0.4, 0.5) is 0 Å². The Morgan fingerprint density at radius 1 is 1.05 bits per heavy atom. The van der Waals surface area contributed by atoms with Crippen LogP contribution < -0.4 is 5.43 Å². The predicted octanol–water partition coefficient (Wildman–Crippen LogP) is 2.12. The lowest BCUT2D eigenvalue weighted by Crippen LogP contribution is -2.22. The van der Waals surface area contributed by atoms with Gasteiger partial charge in [-0.25, -0.2) is 14.5 Å². The van der Waals surface area contributed by atoms with Crippen LogP contribution in [0.1, 0.15) is 20.7 Å². The molecule has 2 aromatic carbocycles. The van der Waals surface area contributed by atoms with Crippen LogP contribution in [0.5, 0.6) is 0 Å². The Morgan fingerprint density at radius 3 is 2.62 bits per heavy atom. The fourth-order valence-corrected chi connectivity index (χ4v) is 2.02. The van der Waals surface area contributed by atoms with Crippen LogP contribution in [0.3, 0.4) is 0 Å². The first-order valence-corrected chi connectivity index (χ1v) is 6.22. The van der Waals surface area contributed by atoms with E-state index in [0.29, 0.717) is 0 Å². The Morgan fingerprint density at radius 2 is 1.81 bits per heavy atom. The number of imidazole rings is 1. The van der Waals surface area contributed by atoms with Gasteiger partial charge in [-0.2, -0.15) is 0 Å². The van der Waals surface area contributed by atoms with E-state index in [1.54, 1.807) is 6.07 Å². The fourth-order valence-electron chi connectivity index (χ4n) is 2.02. The molecule has 2 N–H and O–H groups in total. The van der Waals surface area contributed by atoms with E-state index in [1.807, 2.05) is 24.3 Å². The highest BCUT2D eigenvalue weighted by molar-refractivity contribution is 6.02. The molecular weight excluding hydrogens is 270 g/mol. The van der Waals surface area contributed by atoms with Crippen LogP contribution in [0.15, 0.2) is 54.9 Å². The molecule has 1 heterocycles. The van der Waals surface area contributed by atoms with E-state index in [0.717, 1.165) is 11.0 Å². The van der Waals surface area contributed by atoms with Crippen LogP contribution in [0.25, 0.3) is 11.0 Å². The van der Waals surface area contributed by atoms with Crippen molar-refractivity contribution < 1.29 is 14.7 Å². The summed E-state index contributed by atoms with van der Waals surface area (Å²) in [6, 6.07) is 13.2. The van der Waals surface area contributed by atoms with Crippen LogP contribution in [0.2, 0.25) is 0 Å². The molecule has 3 aromatic rings. The highest BCUT2D eigenvalue weighted by Gasteiger charge is 2.11. The first-order chi connectivity index (χ1) is 10.1. The van der Waals surface area contributed by atoms with Crippen LogP contribution >= 0.6 is 0 Å². The van der Waals surface area contributed by atoms with Gasteiger partial charge in [-0.15, -0.1) is 0 Å². The molecule has 0 aliphatic carbocycles. The number of fused-ring (bicyclic) bond motifs is 1. The summed E-state index contributed by atoms with van der Waals surface area (Å²) in [7, 11) is 0. The SMILES string of the molecule is O=C(O)c1cccc(C(=O)Nn2cnc3ccccc32)c1. The van der Waals surface area contributed by atoms with Gasteiger partial charge >= 0.3 is 5.97 Å². The van der Waals surface area contributed by atoms with E-state index in [1.165, 1.54) is 29.2 Å². The highest BCUT2D eigenvalue weighted by atomic mass is 16.4. The normalized spacial score (nSPS) is 10.5. The van der Waals surface area contributed by atoms with Crippen molar-refractivity contribution in [1.29, 1.82) is 0 Å². The van der Waals surface area contributed by atoms with Crippen molar-refractivity contribution in [3.63, 3.8) is 0 Å². The molecule has 0 aliphatic heterocycles. The first kappa shape index (κ1) is 12.9. The molecule has 0 atom stereocenters. The fraction of sp³-hybridized carbons (Fsp3) is 0. The summed E-state index contributed by atoms with van der Waals surface area (Å²) >= 11 is 0. The average Bonchev–Trinajstić information content (AvgIpc) is 2.91. The maximum Gasteiger partial charge on any atom is 0.335 e. The Bertz CT molecular complexity index is 839. The Balaban J connectivity index is 1.89. The number of carbonyl (C=O) groups is 2. The summed E-state index contributed by atoms with van der Waals surface area (Å²) < 4.78 is 1.51. The first-order valence-electron chi connectivity index (χ1n) is 6.22. The molecule has 0 radical (unpaired) electrons. The van der Waals surface area contributed by atoms with Crippen LogP contribution in [0, 0.1) is 0 Å². The molecular formula is C15H11N3O3. The summed E-state index contributed by atoms with van der Waals surface area (Å²) in [5.41, 5.74) is 4.53. The van der Waals surface area contributed by atoms with E-state index in [-0.39, 0.29) is 11.1 Å². The summed E-state index contributed by atoms with van der Waals surface area (Å²) in [5, 5.41) is 8.94. The molecule has 0 unspecified atom stereocenters. The number of rotatable bonds is 3. The lowest BCUT2D eigenvalue weighted by Gasteiger charge is -2.07. The van der Waals surface area contributed by atoms with E-state index in [2.05, 4.69) is 10.4 Å². The number of para-hydroxylation sites is 2. The van der Waals surface area contributed by atoms with Crippen molar-refractivity contribution in [3.8, 4) is 0 Å². The van der Waals surface area contributed by atoms with Crippen molar-refractivity contribution in [2.24, 2.45) is 0 Å². The van der Waals surface area contributed by atoms with Crippen molar-refractivity contribution in [3.05, 3.63) is 66.0 Å². The molecule has 0 spiro atoms. The summed E-state index contributed by atoms with van der Waals surface area (Å²) in [6.07, 6.45) is 1.50. The average molecular weight is 281 g/mol. The van der Waals surface area contributed by atoms with Crippen LogP contribution in [-0.4, -0.2) is 26.6 Å². The molecule has 1 aromatic heterocycles. The van der Waals surface area contributed by atoms with Gasteiger partial charge in [-0.1, -0.05) is 18.2 Å². The van der Waals surface area contributed by atoms with Gasteiger partial charge in [0.05, 0.1) is 16.6 Å². The second kappa shape index (κ2) is 5.09. The van der Waals surface area contributed by atoms with E-state index in [4.69, 9.17) is 5.11 Å². The van der Waals surface area contributed by atoms with Gasteiger partial charge in [0.15, 0.2) is 0 Å². The molecule has 21 heavy (non-hydrogen) atoms. The zero-order valence-electron chi connectivity index (χ0n) is 10.9. The van der Waals surface area contributed by atoms with Gasteiger partial charge in [0, 0.05) is 5.56 Å². The van der Waals surface area contributed by atoms with Gasteiger partial charge in [-0.05, 0) is 30.3 Å². The number of aromatic nitrogens is 2. The number of hydrogen-bond acceptors (Lipinski definition) is 3. The summed E-state index contributed by atoms with van der Waals surface area (Å²) in [4.78, 5) is 27.3. The third-order valence-electron chi connectivity index (χ3n) is 3.05. The predicted molar refractivity (Wildman–Crippen MR) is 76.8 cm³/mol. The third-order valence-corrected chi connectivity index (χ3v) is 3.05. The molecule has 1 amide bonds. The lowest BCUT2D eigenvalue weighted by molar-refractivity contribution is 0.0697. The Kier molecular flexibility index (Phi) is 3.12. The minimum Gasteiger partial charge on any atom is -0.478 e. The van der Waals surface area contributed by atoms with Gasteiger partial charge in [0.2, 0.25) is 0 Å². The third kappa shape index (κ3) is 2.46. The lowest BCUT2D eigenvalue weighted by atomic mass is 10.1. The molecule has 0 saturated heterocycles. The molecule has 3 rings (SSSR count). The Hall–Kier alpha value is -3.15. The van der Waals surface area contributed by atoms with Crippen molar-refractivity contribution in [2.45, 2.75) is 0 Å². The quantitative estimate of drug-likeness (QED) is 0.770. The summed E-state index contributed by atoms with van der Waals surface area (Å²) in [6.45, 7) is 0. The standard InChI is InChI=1S/C15H11N3O3/c19-14(10-4-3-5-11(8-10)15(20)21)17-18-9-16-12-6-1-2-7-13(12)18/h1-9H,(H,17,19)(H,20,21). The zero-order chi connectivity index (χ0) is 14.8. The van der Waals surface area contributed by atoms with E-state index >= 15 is 0 Å². The maximum atomic E-state index is 12.2. The van der Waals surface area contributed by atoms with Gasteiger partial charge in [0.1, 0.15) is 6.33 Å². The monoisotopic (exact) mass is 281 g/mol. The smallest absolute Gasteiger partial charge is 0.335 e. The zero-order valence-corrected chi connectivity index (χ0v) is 10.9.